The van der Waals surface area contributed by atoms with Crippen LogP contribution in [0.3, 0.4) is 0 Å². The standard InChI is InChI=1S/C10H11N3O/c1-11-10-12-6-7-4-3-5-8(14-2)9(7)13-10/h3-6H,1-2H3,(H,11,12,13). The maximum atomic E-state index is 5.21. The van der Waals surface area contributed by atoms with Gasteiger partial charge >= 0.3 is 0 Å². The average Bonchev–Trinajstić information content (AvgIpc) is 2.27. The van der Waals surface area contributed by atoms with E-state index < -0.39 is 0 Å². The summed E-state index contributed by atoms with van der Waals surface area (Å²) in [4.78, 5) is 8.44. The maximum Gasteiger partial charge on any atom is 0.223 e. The van der Waals surface area contributed by atoms with E-state index in [1.165, 1.54) is 0 Å². The largest absolute Gasteiger partial charge is 0.494 e. The van der Waals surface area contributed by atoms with Crippen LogP contribution in [0.2, 0.25) is 0 Å². The Morgan fingerprint density at radius 3 is 2.93 bits per heavy atom. The molecule has 0 unspecified atom stereocenters. The predicted molar refractivity (Wildman–Crippen MR) is 55.6 cm³/mol. The first-order valence-electron chi connectivity index (χ1n) is 4.32. The van der Waals surface area contributed by atoms with Crippen LogP contribution in [0.15, 0.2) is 24.4 Å². The van der Waals surface area contributed by atoms with Gasteiger partial charge in [-0.25, -0.2) is 9.97 Å². The molecule has 4 nitrogen and oxygen atoms in total. The summed E-state index contributed by atoms with van der Waals surface area (Å²) >= 11 is 0. The second-order valence-electron chi connectivity index (χ2n) is 2.84. The molecule has 0 spiro atoms. The topological polar surface area (TPSA) is 47.0 Å². The van der Waals surface area contributed by atoms with Gasteiger partial charge in [-0.1, -0.05) is 12.1 Å². The molecule has 72 valence electrons. The van der Waals surface area contributed by atoms with E-state index >= 15 is 0 Å². The zero-order chi connectivity index (χ0) is 9.97. The van der Waals surface area contributed by atoms with Crippen molar-refractivity contribution in [3.05, 3.63) is 24.4 Å². The maximum absolute atomic E-state index is 5.21. The summed E-state index contributed by atoms with van der Waals surface area (Å²) in [5.41, 5.74) is 0.828. The fourth-order valence-corrected chi connectivity index (χ4v) is 1.31. The van der Waals surface area contributed by atoms with Gasteiger partial charge < -0.3 is 10.1 Å². The van der Waals surface area contributed by atoms with Crippen LogP contribution in [0.4, 0.5) is 5.95 Å². The van der Waals surface area contributed by atoms with E-state index in [9.17, 15) is 0 Å². The van der Waals surface area contributed by atoms with Crippen LogP contribution in [-0.4, -0.2) is 24.1 Å². The van der Waals surface area contributed by atoms with Crippen LogP contribution in [0, 0.1) is 0 Å². The van der Waals surface area contributed by atoms with Gasteiger partial charge in [-0.2, -0.15) is 0 Å². The molecule has 2 rings (SSSR count). The van der Waals surface area contributed by atoms with Gasteiger partial charge in [-0.15, -0.1) is 0 Å². The summed E-state index contributed by atoms with van der Waals surface area (Å²) in [5.74, 6) is 1.36. The molecular weight excluding hydrogens is 178 g/mol. The number of rotatable bonds is 2. The summed E-state index contributed by atoms with van der Waals surface area (Å²) in [6.07, 6.45) is 1.77. The predicted octanol–water partition coefficient (Wildman–Crippen LogP) is 1.68. The quantitative estimate of drug-likeness (QED) is 0.780. The molecule has 0 saturated heterocycles. The van der Waals surface area contributed by atoms with E-state index in [1.54, 1.807) is 20.4 Å². The van der Waals surface area contributed by atoms with Crippen molar-refractivity contribution in [1.82, 2.24) is 9.97 Å². The molecule has 0 fully saturated rings. The molecule has 0 aliphatic rings. The van der Waals surface area contributed by atoms with Crippen molar-refractivity contribution < 1.29 is 4.74 Å². The zero-order valence-corrected chi connectivity index (χ0v) is 8.11. The van der Waals surface area contributed by atoms with Crippen molar-refractivity contribution >= 4 is 16.9 Å². The Morgan fingerprint density at radius 1 is 1.36 bits per heavy atom. The van der Waals surface area contributed by atoms with Gasteiger partial charge in [-0.05, 0) is 6.07 Å². The van der Waals surface area contributed by atoms with Gasteiger partial charge in [-0.3, -0.25) is 0 Å². The lowest BCUT2D eigenvalue weighted by atomic mass is 10.2. The molecule has 1 aromatic heterocycles. The van der Waals surface area contributed by atoms with E-state index in [4.69, 9.17) is 4.74 Å². The Kier molecular flexibility index (Phi) is 2.18. The first-order chi connectivity index (χ1) is 6.85. The molecule has 4 heteroatoms. The minimum Gasteiger partial charge on any atom is -0.494 e. The SMILES string of the molecule is CNc1ncc2cccc(OC)c2n1. The Bertz CT molecular complexity index is 456. The Hall–Kier alpha value is -1.84. The van der Waals surface area contributed by atoms with Gasteiger partial charge in [0.25, 0.3) is 0 Å². The molecule has 0 radical (unpaired) electrons. The molecule has 0 amide bonds. The molecule has 2 aromatic rings. The number of hydrogen-bond acceptors (Lipinski definition) is 4. The highest BCUT2D eigenvalue weighted by atomic mass is 16.5. The number of benzene rings is 1. The van der Waals surface area contributed by atoms with E-state index in [2.05, 4.69) is 15.3 Å². The van der Waals surface area contributed by atoms with E-state index in [-0.39, 0.29) is 0 Å². The summed E-state index contributed by atoms with van der Waals surface area (Å²) in [7, 11) is 3.42. The van der Waals surface area contributed by atoms with Gasteiger partial charge in [0, 0.05) is 18.6 Å². The number of hydrogen-bond donors (Lipinski definition) is 1. The molecule has 1 N–H and O–H groups in total. The smallest absolute Gasteiger partial charge is 0.223 e. The second-order valence-corrected chi connectivity index (χ2v) is 2.84. The van der Waals surface area contributed by atoms with Crippen molar-refractivity contribution in [2.24, 2.45) is 0 Å². The molecule has 0 saturated carbocycles. The highest BCUT2D eigenvalue weighted by Crippen LogP contribution is 2.23. The Labute approximate surface area is 81.9 Å². The number of anilines is 1. The second kappa shape index (κ2) is 3.49. The van der Waals surface area contributed by atoms with Gasteiger partial charge in [0.05, 0.1) is 7.11 Å². The normalized spacial score (nSPS) is 10.1. The highest BCUT2D eigenvalue weighted by molar-refractivity contribution is 5.84. The number of fused-ring (bicyclic) bond motifs is 1. The minimum absolute atomic E-state index is 0.599. The van der Waals surface area contributed by atoms with Crippen LogP contribution in [0.5, 0.6) is 5.75 Å². The molecule has 1 aromatic carbocycles. The van der Waals surface area contributed by atoms with Crippen LogP contribution >= 0.6 is 0 Å². The monoisotopic (exact) mass is 189 g/mol. The van der Waals surface area contributed by atoms with Gasteiger partial charge in [0.15, 0.2) is 0 Å². The highest BCUT2D eigenvalue weighted by Gasteiger charge is 2.03. The van der Waals surface area contributed by atoms with E-state index in [1.807, 2.05) is 18.2 Å². The third-order valence-electron chi connectivity index (χ3n) is 2.02. The molecule has 1 heterocycles. The summed E-state index contributed by atoms with van der Waals surface area (Å²) in [6, 6.07) is 5.76. The molecule has 0 atom stereocenters. The molecule has 14 heavy (non-hydrogen) atoms. The first kappa shape index (κ1) is 8.74. The number of nitrogens with one attached hydrogen (secondary N) is 1. The Morgan fingerprint density at radius 2 is 2.21 bits per heavy atom. The van der Waals surface area contributed by atoms with Crippen molar-refractivity contribution in [2.45, 2.75) is 0 Å². The van der Waals surface area contributed by atoms with Crippen molar-refractivity contribution in [1.29, 1.82) is 0 Å². The lowest BCUT2D eigenvalue weighted by Gasteiger charge is -2.05. The fourth-order valence-electron chi connectivity index (χ4n) is 1.31. The average molecular weight is 189 g/mol. The first-order valence-corrected chi connectivity index (χ1v) is 4.32. The van der Waals surface area contributed by atoms with E-state index in [0.717, 1.165) is 16.7 Å². The summed E-state index contributed by atoms with van der Waals surface area (Å²) < 4.78 is 5.21. The van der Waals surface area contributed by atoms with Gasteiger partial charge in [0.2, 0.25) is 5.95 Å². The van der Waals surface area contributed by atoms with E-state index in [0.29, 0.717) is 5.95 Å². The third kappa shape index (κ3) is 1.35. The van der Waals surface area contributed by atoms with Gasteiger partial charge in [0.1, 0.15) is 11.3 Å². The number of nitrogens with zero attached hydrogens (tertiary/aromatic N) is 2. The summed E-state index contributed by atoms with van der Waals surface area (Å²) in [5, 5.41) is 3.87. The third-order valence-corrected chi connectivity index (χ3v) is 2.02. The van der Waals surface area contributed by atoms with Crippen molar-refractivity contribution in [3.63, 3.8) is 0 Å². The number of methoxy groups -OCH3 is 1. The van der Waals surface area contributed by atoms with Crippen molar-refractivity contribution in [2.75, 3.05) is 19.5 Å². The zero-order valence-electron chi connectivity index (χ0n) is 8.11. The lowest BCUT2D eigenvalue weighted by molar-refractivity contribution is 0.419. The fraction of sp³-hybridized carbons (Fsp3) is 0.200. The number of aromatic nitrogens is 2. The molecular formula is C10H11N3O. The number of para-hydroxylation sites is 1. The van der Waals surface area contributed by atoms with Crippen LogP contribution < -0.4 is 10.1 Å². The molecule has 0 aliphatic heterocycles. The Balaban J connectivity index is 2.70. The van der Waals surface area contributed by atoms with Crippen molar-refractivity contribution in [3.8, 4) is 5.75 Å². The van der Waals surface area contributed by atoms with Crippen LogP contribution in [0.25, 0.3) is 10.9 Å². The number of ether oxygens (including phenoxy) is 1. The minimum atomic E-state index is 0.599. The lowest BCUT2D eigenvalue weighted by Crippen LogP contribution is -1.96. The molecule has 0 bridgehead atoms. The van der Waals surface area contributed by atoms with Crippen LogP contribution in [-0.2, 0) is 0 Å². The summed E-state index contributed by atoms with van der Waals surface area (Å²) in [6.45, 7) is 0. The molecule has 0 aliphatic carbocycles. The van der Waals surface area contributed by atoms with Crippen LogP contribution in [0.1, 0.15) is 0 Å².